The fourth-order valence-corrected chi connectivity index (χ4v) is 2.05. The molecule has 0 spiro atoms. The van der Waals surface area contributed by atoms with Crippen molar-refractivity contribution in [3.05, 3.63) is 16.6 Å². The molecule has 1 aromatic heterocycles. The van der Waals surface area contributed by atoms with Crippen molar-refractivity contribution in [3.63, 3.8) is 0 Å². The SMILES string of the molecule is CCC(NCCCC#N)c1nccs1. The van der Waals surface area contributed by atoms with Crippen molar-refractivity contribution >= 4 is 11.3 Å². The summed E-state index contributed by atoms with van der Waals surface area (Å²) >= 11 is 1.68. The Hall–Kier alpha value is -0.920. The van der Waals surface area contributed by atoms with Gasteiger partial charge in [-0.15, -0.1) is 11.3 Å². The summed E-state index contributed by atoms with van der Waals surface area (Å²) in [5.74, 6) is 0. The molecular formula is C10H15N3S. The highest BCUT2D eigenvalue weighted by atomic mass is 32.1. The highest BCUT2D eigenvalue weighted by molar-refractivity contribution is 7.09. The zero-order chi connectivity index (χ0) is 10.2. The van der Waals surface area contributed by atoms with Gasteiger partial charge in [0.15, 0.2) is 0 Å². The lowest BCUT2D eigenvalue weighted by Gasteiger charge is -2.13. The number of hydrogen-bond acceptors (Lipinski definition) is 4. The lowest BCUT2D eigenvalue weighted by molar-refractivity contribution is 0.510. The summed E-state index contributed by atoms with van der Waals surface area (Å²) in [4.78, 5) is 4.28. The van der Waals surface area contributed by atoms with Crippen LogP contribution in [0.25, 0.3) is 0 Å². The molecule has 0 saturated carbocycles. The quantitative estimate of drug-likeness (QED) is 0.732. The van der Waals surface area contributed by atoms with Crippen LogP contribution in [0.1, 0.15) is 37.2 Å². The summed E-state index contributed by atoms with van der Waals surface area (Å²) in [6.45, 7) is 3.04. The van der Waals surface area contributed by atoms with Gasteiger partial charge in [-0.1, -0.05) is 6.92 Å². The van der Waals surface area contributed by atoms with Crippen LogP contribution >= 0.6 is 11.3 Å². The maximum atomic E-state index is 8.38. The molecule has 4 heteroatoms. The third kappa shape index (κ3) is 3.44. The third-order valence-corrected chi connectivity index (χ3v) is 2.90. The first-order chi connectivity index (χ1) is 6.88. The second-order valence-electron chi connectivity index (χ2n) is 3.05. The largest absolute Gasteiger partial charge is 0.308 e. The van der Waals surface area contributed by atoms with Crippen LogP contribution in [-0.4, -0.2) is 11.5 Å². The smallest absolute Gasteiger partial charge is 0.109 e. The van der Waals surface area contributed by atoms with E-state index in [4.69, 9.17) is 5.26 Å². The molecule has 1 rings (SSSR count). The van der Waals surface area contributed by atoms with Gasteiger partial charge in [-0.2, -0.15) is 5.26 Å². The summed E-state index contributed by atoms with van der Waals surface area (Å²) in [5.41, 5.74) is 0. The van der Waals surface area contributed by atoms with Crippen LogP contribution in [0.3, 0.4) is 0 Å². The van der Waals surface area contributed by atoms with Crippen LogP contribution in [0.5, 0.6) is 0 Å². The van der Waals surface area contributed by atoms with Crippen molar-refractivity contribution < 1.29 is 0 Å². The summed E-state index contributed by atoms with van der Waals surface area (Å²) in [6, 6.07) is 2.50. The van der Waals surface area contributed by atoms with Crippen molar-refractivity contribution in [1.82, 2.24) is 10.3 Å². The van der Waals surface area contributed by atoms with Crippen LogP contribution < -0.4 is 5.32 Å². The topological polar surface area (TPSA) is 48.7 Å². The monoisotopic (exact) mass is 209 g/mol. The molecule has 0 aromatic carbocycles. The Balaban J connectivity index is 2.30. The standard InChI is InChI=1S/C10H15N3S/c1-2-9(10-13-7-8-14-10)12-6-4-3-5-11/h7-9,12H,2-4,6H2,1H3. The third-order valence-electron chi connectivity index (χ3n) is 2.01. The molecule has 1 heterocycles. The highest BCUT2D eigenvalue weighted by Gasteiger charge is 2.09. The van der Waals surface area contributed by atoms with Crippen LogP contribution in [0.15, 0.2) is 11.6 Å². The minimum Gasteiger partial charge on any atom is -0.308 e. The number of thiazole rings is 1. The second-order valence-corrected chi connectivity index (χ2v) is 3.97. The molecule has 0 bridgehead atoms. The van der Waals surface area contributed by atoms with Crippen LogP contribution in [-0.2, 0) is 0 Å². The molecule has 1 unspecified atom stereocenters. The molecule has 0 radical (unpaired) electrons. The number of aromatic nitrogens is 1. The number of nitriles is 1. The number of rotatable bonds is 6. The number of hydrogen-bond donors (Lipinski definition) is 1. The summed E-state index contributed by atoms with van der Waals surface area (Å²) in [6.07, 6.45) is 4.42. The Morgan fingerprint density at radius 2 is 2.57 bits per heavy atom. The van der Waals surface area contributed by atoms with Crippen molar-refractivity contribution in [1.29, 1.82) is 5.26 Å². The average Bonchev–Trinajstić information content (AvgIpc) is 2.71. The molecule has 0 amide bonds. The van der Waals surface area contributed by atoms with Gasteiger partial charge in [0.1, 0.15) is 5.01 Å². The van der Waals surface area contributed by atoms with Crippen molar-refractivity contribution in [2.45, 2.75) is 32.2 Å². The van der Waals surface area contributed by atoms with E-state index in [0.717, 1.165) is 24.4 Å². The molecule has 1 atom stereocenters. The number of nitrogens with zero attached hydrogens (tertiary/aromatic N) is 2. The average molecular weight is 209 g/mol. The number of nitrogens with one attached hydrogen (secondary N) is 1. The van der Waals surface area contributed by atoms with E-state index in [1.165, 1.54) is 0 Å². The Morgan fingerprint density at radius 1 is 1.71 bits per heavy atom. The zero-order valence-electron chi connectivity index (χ0n) is 8.36. The minimum atomic E-state index is 0.355. The molecule has 0 aliphatic heterocycles. The predicted molar refractivity (Wildman–Crippen MR) is 58.0 cm³/mol. The van der Waals surface area contributed by atoms with Gasteiger partial charge in [0, 0.05) is 18.0 Å². The fourth-order valence-electron chi connectivity index (χ4n) is 1.26. The zero-order valence-corrected chi connectivity index (χ0v) is 9.18. The van der Waals surface area contributed by atoms with E-state index in [9.17, 15) is 0 Å². The van der Waals surface area contributed by atoms with Gasteiger partial charge in [0.05, 0.1) is 12.1 Å². The molecule has 76 valence electrons. The first-order valence-electron chi connectivity index (χ1n) is 4.88. The van der Waals surface area contributed by atoms with E-state index in [2.05, 4.69) is 23.3 Å². The van der Waals surface area contributed by atoms with Crippen LogP contribution in [0.4, 0.5) is 0 Å². The molecule has 0 aliphatic carbocycles. The van der Waals surface area contributed by atoms with Crippen LogP contribution in [0, 0.1) is 11.3 Å². The maximum absolute atomic E-state index is 8.38. The van der Waals surface area contributed by atoms with Gasteiger partial charge in [-0.25, -0.2) is 4.98 Å². The van der Waals surface area contributed by atoms with E-state index in [0.29, 0.717) is 12.5 Å². The molecule has 14 heavy (non-hydrogen) atoms. The van der Waals surface area contributed by atoms with E-state index in [1.54, 1.807) is 11.3 Å². The van der Waals surface area contributed by atoms with Gasteiger partial charge in [-0.05, 0) is 19.4 Å². The predicted octanol–water partition coefficient (Wildman–Crippen LogP) is 2.49. The van der Waals surface area contributed by atoms with Crippen molar-refractivity contribution in [3.8, 4) is 6.07 Å². The molecule has 1 aromatic rings. The van der Waals surface area contributed by atoms with Crippen molar-refractivity contribution in [2.75, 3.05) is 6.54 Å². The first kappa shape index (κ1) is 11.2. The first-order valence-corrected chi connectivity index (χ1v) is 5.76. The van der Waals surface area contributed by atoms with Gasteiger partial charge in [0.2, 0.25) is 0 Å². The van der Waals surface area contributed by atoms with E-state index < -0.39 is 0 Å². The van der Waals surface area contributed by atoms with Gasteiger partial charge >= 0.3 is 0 Å². The molecule has 0 aliphatic rings. The van der Waals surface area contributed by atoms with Gasteiger partial charge in [-0.3, -0.25) is 0 Å². The summed E-state index contributed by atoms with van der Waals surface area (Å²) < 4.78 is 0. The molecule has 3 nitrogen and oxygen atoms in total. The lowest BCUT2D eigenvalue weighted by atomic mass is 10.2. The summed E-state index contributed by atoms with van der Waals surface area (Å²) in [5, 5.41) is 14.9. The highest BCUT2D eigenvalue weighted by Crippen LogP contribution is 2.18. The Bertz CT molecular complexity index is 276. The molecule has 0 fully saturated rings. The van der Waals surface area contributed by atoms with Crippen LogP contribution in [0.2, 0.25) is 0 Å². The van der Waals surface area contributed by atoms with Gasteiger partial charge in [0.25, 0.3) is 0 Å². The Morgan fingerprint density at radius 3 is 3.14 bits per heavy atom. The lowest BCUT2D eigenvalue weighted by Crippen LogP contribution is -2.21. The fraction of sp³-hybridized carbons (Fsp3) is 0.600. The summed E-state index contributed by atoms with van der Waals surface area (Å²) in [7, 11) is 0. The van der Waals surface area contributed by atoms with Gasteiger partial charge < -0.3 is 5.32 Å². The minimum absolute atomic E-state index is 0.355. The number of unbranched alkanes of at least 4 members (excludes halogenated alkanes) is 1. The molecule has 0 saturated heterocycles. The van der Waals surface area contributed by atoms with E-state index in [-0.39, 0.29) is 0 Å². The molecular weight excluding hydrogens is 194 g/mol. The molecule has 1 N–H and O–H groups in total. The normalized spacial score (nSPS) is 12.3. The second kappa shape index (κ2) is 6.52. The maximum Gasteiger partial charge on any atom is 0.109 e. The van der Waals surface area contributed by atoms with E-state index in [1.807, 2.05) is 11.6 Å². The Labute approximate surface area is 88.8 Å². The van der Waals surface area contributed by atoms with Crippen molar-refractivity contribution in [2.24, 2.45) is 0 Å². The Kier molecular flexibility index (Phi) is 5.20. The van der Waals surface area contributed by atoms with E-state index >= 15 is 0 Å².